The summed E-state index contributed by atoms with van der Waals surface area (Å²) in [6.07, 6.45) is 6.44. The number of allylic oxidation sites excluding steroid dienone is 4. The number of hydrogen-bond acceptors (Lipinski definition) is 0. The van der Waals surface area contributed by atoms with Gasteiger partial charge in [0, 0.05) is 0 Å². The molecule has 2 aliphatic carbocycles. The van der Waals surface area contributed by atoms with Gasteiger partial charge in [0.25, 0.3) is 0 Å². The molecular weight excluding hydrogens is 144 g/mol. The van der Waals surface area contributed by atoms with Crippen molar-refractivity contribution in [2.45, 2.75) is 40.0 Å². The van der Waals surface area contributed by atoms with Gasteiger partial charge in [-0.25, -0.2) is 0 Å². The lowest BCUT2D eigenvalue weighted by atomic mass is 9.80. The van der Waals surface area contributed by atoms with Crippen LogP contribution in [-0.4, -0.2) is 0 Å². The summed E-state index contributed by atoms with van der Waals surface area (Å²) in [6, 6.07) is 0. The maximum atomic E-state index is 2.42. The Kier molecular flexibility index (Phi) is 1.86. The van der Waals surface area contributed by atoms with Gasteiger partial charge in [0.2, 0.25) is 0 Å². The number of hydrogen-bond donors (Lipinski definition) is 0. The summed E-state index contributed by atoms with van der Waals surface area (Å²) in [6.45, 7) is 7.02. The molecule has 0 aromatic rings. The topological polar surface area (TPSA) is 0 Å². The summed E-state index contributed by atoms with van der Waals surface area (Å²) in [7, 11) is 0. The van der Waals surface area contributed by atoms with Crippen molar-refractivity contribution in [3.63, 3.8) is 0 Å². The molecule has 0 aromatic heterocycles. The van der Waals surface area contributed by atoms with Gasteiger partial charge >= 0.3 is 0 Å². The van der Waals surface area contributed by atoms with Crippen LogP contribution in [0, 0.1) is 11.8 Å². The standard InChI is InChI=1S/C12H18/c1-8-4-10(3)12-7-9(2)6-11(12)5-8/h7-8,10H,4-6H2,1-3H3. The SMILES string of the molecule is CC1=CC2=C(C1)CC(C)CC2C. The van der Waals surface area contributed by atoms with Crippen LogP contribution in [0.2, 0.25) is 0 Å². The van der Waals surface area contributed by atoms with Crippen LogP contribution in [0.3, 0.4) is 0 Å². The third kappa shape index (κ3) is 1.24. The van der Waals surface area contributed by atoms with Crippen LogP contribution in [0.25, 0.3) is 0 Å². The first-order chi connectivity index (χ1) is 5.66. The highest BCUT2D eigenvalue weighted by molar-refractivity contribution is 5.41. The highest BCUT2D eigenvalue weighted by atomic mass is 14.3. The highest BCUT2D eigenvalue weighted by Gasteiger charge is 2.25. The van der Waals surface area contributed by atoms with Gasteiger partial charge in [0.15, 0.2) is 0 Å². The third-order valence-corrected chi connectivity index (χ3v) is 3.18. The second-order valence-electron chi connectivity index (χ2n) is 4.67. The molecule has 2 atom stereocenters. The van der Waals surface area contributed by atoms with Crippen LogP contribution in [-0.2, 0) is 0 Å². The summed E-state index contributed by atoms with van der Waals surface area (Å²) in [5, 5.41) is 0. The van der Waals surface area contributed by atoms with E-state index in [1.54, 1.807) is 16.7 Å². The van der Waals surface area contributed by atoms with Crippen molar-refractivity contribution in [2.75, 3.05) is 0 Å². The minimum absolute atomic E-state index is 0.821. The smallest absolute Gasteiger partial charge is 0.0102 e. The summed E-state index contributed by atoms with van der Waals surface area (Å²) >= 11 is 0. The van der Waals surface area contributed by atoms with E-state index in [1.807, 2.05) is 0 Å². The fourth-order valence-corrected chi connectivity index (χ4v) is 2.77. The van der Waals surface area contributed by atoms with E-state index in [0.717, 1.165) is 11.8 Å². The van der Waals surface area contributed by atoms with Gasteiger partial charge in [-0.05, 0) is 43.6 Å². The van der Waals surface area contributed by atoms with E-state index in [4.69, 9.17) is 0 Å². The van der Waals surface area contributed by atoms with E-state index in [2.05, 4.69) is 26.8 Å². The lowest BCUT2D eigenvalue weighted by Crippen LogP contribution is -2.12. The van der Waals surface area contributed by atoms with E-state index < -0.39 is 0 Å². The Balaban J connectivity index is 2.26. The van der Waals surface area contributed by atoms with Crippen LogP contribution in [0.1, 0.15) is 40.0 Å². The Morgan fingerprint density at radius 3 is 2.83 bits per heavy atom. The molecule has 2 rings (SSSR count). The van der Waals surface area contributed by atoms with Gasteiger partial charge in [-0.3, -0.25) is 0 Å². The Morgan fingerprint density at radius 2 is 2.08 bits per heavy atom. The molecule has 0 heterocycles. The first-order valence-corrected chi connectivity index (χ1v) is 5.06. The summed E-state index contributed by atoms with van der Waals surface area (Å²) in [5.41, 5.74) is 4.98. The summed E-state index contributed by atoms with van der Waals surface area (Å²) in [5.74, 6) is 1.74. The second-order valence-corrected chi connectivity index (χ2v) is 4.67. The maximum absolute atomic E-state index is 2.42. The molecule has 2 unspecified atom stereocenters. The minimum Gasteiger partial charge on any atom is -0.0690 e. The number of rotatable bonds is 0. The van der Waals surface area contributed by atoms with Crippen molar-refractivity contribution in [2.24, 2.45) is 11.8 Å². The fourth-order valence-electron chi connectivity index (χ4n) is 2.77. The first kappa shape index (κ1) is 8.10. The Morgan fingerprint density at radius 1 is 1.33 bits per heavy atom. The van der Waals surface area contributed by atoms with Gasteiger partial charge in [-0.1, -0.05) is 31.1 Å². The lowest BCUT2D eigenvalue weighted by Gasteiger charge is -2.26. The van der Waals surface area contributed by atoms with E-state index in [-0.39, 0.29) is 0 Å². The molecule has 0 amide bonds. The van der Waals surface area contributed by atoms with E-state index >= 15 is 0 Å². The van der Waals surface area contributed by atoms with Crippen molar-refractivity contribution in [3.05, 3.63) is 22.8 Å². The summed E-state index contributed by atoms with van der Waals surface area (Å²) < 4.78 is 0. The molecule has 0 heteroatoms. The molecule has 0 aromatic carbocycles. The minimum atomic E-state index is 0.821. The molecule has 0 N–H and O–H groups in total. The van der Waals surface area contributed by atoms with Gasteiger partial charge < -0.3 is 0 Å². The van der Waals surface area contributed by atoms with Gasteiger partial charge in [0.1, 0.15) is 0 Å². The van der Waals surface area contributed by atoms with Gasteiger partial charge in [-0.15, -0.1) is 0 Å². The van der Waals surface area contributed by atoms with Crippen molar-refractivity contribution in [3.8, 4) is 0 Å². The van der Waals surface area contributed by atoms with Gasteiger partial charge in [-0.2, -0.15) is 0 Å². The van der Waals surface area contributed by atoms with Crippen molar-refractivity contribution in [1.82, 2.24) is 0 Å². The lowest BCUT2D eigenvalue weighted by molar-refractivity contribution is 0.422. The molecule has 0 spiro atoms. The molecule has 0 bridgehead atoms. The quantitative estimate of drug-likeness (QED) is 0.509. The van der Waals surface area contributed by atoms with Crippen LogP contribution in [0.4, 0.5) is 0 Å². The fraction of sp³-hybridized carbons (Fsp3) is 0.667. The largest absolute Gasteiger partial charge is 0.0690 e. The van der Waals surface area contributed by atoms with Crippen molar-refractivity contribution < 1.29 is 0 Å². The van der Waals surface area contributed by atoms with Crippen LogP contribution in [0.5, 0.6) is 0 Å². The molecule has 12 heavy (non-hydrogen) atoms. The van der Waals surface area contributed by atoms with Crippen LogP contribution >= 0.6 is 0 Å². The third-order valence-electron chi connectivity index (χ3n) is 3.18. The average Bonchev–Trinajstić information content (AvgIpc) is 2.29. The predicted molar refractivity (Wildman–Crippen MR) is 53.0 cm³/mol. The normalized spacial score (nSPS) is 35.1. The van der Waals surface area contributed by atoms with E-state index in [9.17, 15) is 0 Å². The molecule has 0 saturated heterocycles. The highest BCUT2D eigenvalue weighted by Crippen LogP contribution is 2.41. The molecule has 0 nitrogen and oxygen atoms in total. The van der Waals surface area contributed by atoms with Crippen molar-refractivity contribution in [1.29, 1.82) is 0 Å². The zero-order chi connectivity index (χ0) is 8.72. The molecule has 2 aliphatic rings. The maximum Gasteiger partial charge on any atom is -0.0102 e. The molecule has 0 radical (unpaired) electrons. The Bertz CT molecular complexity index is 255. The molecule has 0 saturated carbocycles. The Labute approximate surface area is 75.4 Å². The molecular formula is C12H18. The molecule has 0 aliphatic heterocycles. The predicted octanol–water partition coefficient (Wildman–Crippen LogP) is 3.70. The van der Waals surface area contributed by atoms with Crippen LogP contribution < -0.4 is 0 Å². The van der Waals surface area contributed by atoms with Gasteiger partial charge in [0.05, 0.1) is 0 Å². The van der Waals surface area contributed by atoms with Crippen LogP contribution in [0.15, 0.2) is 22.8 Å². The summed E-state index contributed by atoms with van der Waals surface area (Å²) in [4.78, 5) is 0. The first-order valence-electron chi connectivity index (χ1n) is 5.06. The average molecular weight is 162 g/mol. The second kappa shape index (κ2) is 2.76. The van der Waals surface area contributed by atoms with E-state index in [0.29, 0.717) is 0 Å². The Hall–Kier alpha value is -0.520. The zero-order valence-corrected chi connectivity index (χ0v) is 8.35. The van der Waals surface area contributed by atoms with E-state index in [1.165, 1.54) is 19.3 Å². The van der Waals surface area contributed by atoms with Crippen molar-refractivity contribution >= 4 is 0 Å². The zero-order valence-electron chi connectivity index (χ0n) is 8.35. The molecule has 66 valence electrons. The monoisotopic (exact) mass is 162 g/mol. The molecule has 0 fully saturated rings.